The summed E-state index contributed by atoms with van der Waals surface area (Å²) in [6, 6.07) is 4.59. The second-order valence-corrected chi connectivity index (χ2v) is 7.87. The molecular weight excluding hydrogens is 236 g/mol. The highest BCUT2D eigenvalue weighted by Gasteiger charge is 2.20. The molecule has 0 saturated carbocycles. The lowest BCUT2D eigenvalue weighted by Crippen LogP contribution is -1.75. The molecule has 3 rings (SSSR count). The topological polar surface area (TPSA) is 0 Å². The van der Waals surface area contributed by atoms with Gasteiger partial charge in [0, 0.05) is 21.8 Å². The molecule has 0 unspecified atom stereocenters. The highest BCUT2D eigenvalue weighted by Crippen LogP contribution is 2.49. The normalized spacial score (nSPS) is 18.8. The van der Waals surface area contributed by atoms with E-state index in [1.807, 2.05) is 22.7 Å². The first-order valence-electron chi connectivity index (χ1n) is 4.13. The van der Waals surface area contributed by atoms with Crippen LogP contribution in [-0.2, 0) is 0 Å². The molecule has 1 aliphatic rings. The Morgan fingerprint density at radius 2 is 2.08 bits per heavy atom. The van der Waals surface area contributed by atoms with Crippen LogP contribution in [0.15, 0.2) is 17.5 Å². The molecule has 0 aliphatic carbocycles. The third-order valence-electron chi connectivity index (χ3n) is 2.02. The number of hydrogen-bond acceptors (Lipinski definition) is 4. The van der Waals surface area contributed by atoms with Gasteiger partial charge in [0.15, 0.2) is 0 Å². The Bertz CT molecular complexity index is 379. The van der Waals surface area contributed by atoms with Gasteiger partial charge in [-0.15, -0.1) is 46.2 Å². The van der Waals surface area contributed by atoms with Crippen LogP contribution >= 0.6 is 46.2 Å². The zero-order valence-electron chi connectivity index (χ0n) is 6.86. The van der Waals surface area contributed by atoms with E-state index in [9.17, 15) is 0 Å². The molecule has 0 atom stereocenters. The Morgan fingerprint density at radius 3 is 2.85 bits per heavy atom. The minimum atomic E-state index is 0.726. The minimum Gasteiger partial charge on any atom is -0.141 e. The average Bonchev–Trinajstić information content (AvgIpc) is 2.78. The second kappa shape index (κ2) is 3.50. The van der Waals surface area contributed by atoms with Crippen molar-refractivity contribution in [3.63, 3.8) is 0 Å². The summed E-state index contributed by atoms with van der Waals surface area (Å²) in [6.07, 6.45) is 0. The molecule has 1 saturated heterocycles. The average molecular weight is 244 g/mol. The van der Waals surface area contributed by atoms with E-state index in [4.69, 9.17) is 0 Å². The van der Waals surface area contributed by atoms with Gasteiger partial charge in [0.25, 0.3) is 0 Å². The summed E-state index contributed by atoms with van der Waals surface area (Å²) >= 11 is 8.03. The Hall–Kier alpha value is 0.360. The van der Waals surface area contributed by atoms with Crippen LogP contribution in [0.4, 0.5) is 0 Å². The van der Waals surface area contributed by atoms with E-state index < -0.39 is 0 Å². The van der Waals surface area contributed by atoms with Crippen molar-refractivity contribution in [2.75, 3.05) is 11.5 Å². The van der Waals surface area contributed by atoms with E-state index >= 15 is 0 Å². The summed E-state index contributed by atoms with van der Waals surface area (Å²) in [5.74, 6) is 2.64. The van der Waals surface area contributed by atoms with Crippen LogP contribution in [0.5, 0.6) is 0 Å². The molecule has 0 N–H and O–H groups in total. The van der Waals surface area contributed by atoms with Crippen LogP contribution in [0.3, 0.4) is 0 Å². The van der Waals surface area contributed by atoms with Gasteiger partial charge in [-0.25, -0.2) is 0 Å². The van der Waals surface area contributed by atoms with Crippen molar-refractivity contribution in [1.82, 2.24) is 0 Å². The standard InChI is InChI=1S/C9H8S4/c1-2-10-8-6(1)5-7(13-8)9-11-3-4-12-9/h1-2,5,9H,3-4H2. The summed E-state index contributed by atoms with van der Waals surface area (Å²) in [5.41, 5.74) is 0. The Kier molecular flexibility index (Phi) is 2.33. The molecule has 3 heterocycles. The maximum Gasteiger partial charge on any atom is 0.0868 e. The van der Waals surface area contributed by atoms with Crippen molar-refractivity contribution in [1.29, 1.82) is 0 Å². The van der Waals surface area contributed by atoms with Crippen molar-refractivity contribution in [2.24, 2.45) is 0 Å². The third-order valence-corrected chi connectivity index (χ3v) is 7.66. The zero-order valence-corrected chi connectivity index (χ0v) is 10.1. The zero-order chi connectivity index (χ0) is 8.67. The van der Waals surface area contributed by atoms with E-state index in [0.29, 0.717) is 0 Å². The molecule has 0 nitrogen and oxygen atoms in total. The summed E-state index contributed by atoms with van der Waals surface area (Å²) in [4.78, 5) is 1.56. The first kappa shape index (κ1) is 8.65. The van der Waals surface area contributed by atoms with E-state index in [1.54, 1.807) is 4.88 Å². The molecule has 2 aromatic rings. The largest absolute Gasteiger partial charge is 0.141 e. The van der Waals surface area contributed by atoms with Gasteiger partial charge in [-0.1, -0.05) is 0 Å². The molecular formula is C9H8S4. The fourth-order valence-corrected chi connectivity index (χ4v) is 6.74. The van der Waals surface area contributed by atoms with E-state index in [0.717, 1.165) is 4.58 Å². The number of hydrogen-bond donors (Lipinski definition) is 0. The first-order chi connectivity index (χ1) is 6.43. The summed E-state index contributed by atoms with van der Waals surface area (Å²) < 4.78 is 2.22. The summed E-state index contributed by atoms with van der Waals surface area (Å²) in [5, 5.41) is 3.62. The monoisotopic (exact) mass is 244 g/mol. The van der Waals surface area contributed by atoms with Crippen LogP contribution in [0.2, 0.25) is 0 Å². The predicted molar refractivity (Wildman–Crippen MR) is 67.4 cm³/mol. The quantitative estimate of drug-likeness (QED) is 0.727. The van der Waals surface area contributed by atoms with Crippen LogP contribution in [0.1, 0.15) is 9.46 Å². The lowest BCUT2D eigenvalue weighted by molar-refractivity contribution is 1.52. The van der Waals surface area contributed by atoms with Gasteiger partial charge in [0.2, 0.25) is 0 Å². The molecule has 0 radical (unpaired) electrons. The molecule has 4 heteroatoms. The van der Waals surface area contributed by atoms with Crippen molar-refractivity contribution in [2.45, 2.75) is 4.58 Å². The number of thioether (sulfide) groups is 2. The molecule has 0 aromatic carbocycles. The number of thiophene rings is 2. The van der Waals surface area contributed by atoms with Crippen LogP contribution < -0.4 is 0 Å². The maximum atomic E-state index is 2.37. The summed E-state index contributed by atoms with van der Waals surface area (Å²) in [7, 11) is 0. The predicted octanol–water partition coefficient (Wildman–Crippen LogP) is 4.44. The van der Waals surface area contributed by atoms with Gasteiger partial charge in [0.1, 0.15) is 0 Å². The van der Waals surface area contributed by atoms with Crippen molar-refractivity contribution in [3.8, 4) is 0 Å². The number of rotatable bonds is 1. The Morgan fingerprint density at radius 1 is 1.23 bits per heavy atom. The minimum absolute atomic E-state index is 0.726. The molecule has 0 spiro atoms. The fraction of sp³-hybridized carbons (Fsp3) is 0.333. The molecule has 13 heavy (non-hydrogen) atoms. The molecule has 0 bridgehead atoms. The molecule has 2 aromatic heterocycles. The van der Waals surface area contributed by atoms with E-state index in [-0.39, 0.29) is 0 Å². The maximum absolute atomic E-state index is 2.37. The smallest absolute Gasteiger partial charge is 0.0868 e. The molecule has 1 aliphatic heterocycles. The van der Waals surface area contributed by atoms with E-state index in [2.05, 4.69) is 41.0 Å². The van der Waals surface area contributed by atoms with Gasteiger partial charge in [0.05, 0.1) is 8.60 Å². The molecule has 0 amide bonds. The van der Waals surface area contributed by atoms with Gasteiger partial charge >= 0.3 is 0 Å². The Balaban J connectivity index is 2.02. The second-order valence-electron chi connectivity index (χ2n) is 2.89. The van der Waals surface area contributed by atoms with Crippen molar-refractivity contribution in [3.05, 3.63) is 22.4 Å². The third kappa shape index (κ3) is 1.54. The van der Waals surface area contributed by atoms with Crippen LogP contribution in [0.25, 0.3) is 9.40 Å². The lowest BCUT2D eigenvalue weighted by Gasteiger charge is -2.02. The molecule has 1 fully saturated rings. The first-order valence-corrected chi connectivity index (χ1v) is 7.93. The van der Waals surface area contributed by atoms with Crippen molar-refractivity contribution < 1.29 is 0 Å². The highest BCUT2D eigenvalue weighted by molar-refractivity contribution is 8.19. The van der Waals surface area contributed by atoms with Gasteiger partial charge in [-0.05, 0) is 17.5 Å². The highest BCUT2D eigenvalue weighted by atomic mass is 32.2. The van der Waals surface area contributed by atoms with Gasteiger partial charge < -0.3 is 0 Å². The lowest BCUT2D eigenvalue weighted by atomic mass is 10.4. The van der Waals surface area contributed by atoms with Crippen LogP contribution in [-0.4, -0.2) is 11.5 Å². The Labute approximate surface area is 93.7 Å². The fourth-order valence-electron chi connectivity index (χ4n) is 1.42. The molecule has 68 valence electrons. The van der Waals surface area contributed by atoms with Gasteiger partial charge in [-0.3, -0.25) is 0 Å². The SMILES string of the molecule is c1cc2cc(C3SCCS3)sc2s1. The number of fused-ring (bicyclic) bond motifs is 1. The summed E-state index contributed by atoms with van der Waals surface area (Å²) in [6.45, 7) is 0. The van der Waals surface area contributed by atoms with Crippen LogP contribution in [0, 0.1) is 0 Å². The van der Waals surface area contributed by atoms with E-state index in [1.165, 1.54) is 20.9 Å². The van der Waals surface area contributed by atoms with Gasteiger partial charge in [-0.2, -0.15) is 0 Å². The van der Waals surface area contributed by atoms with Crippen molar-refractivity contribution >= 4 is 55.6 Å².